The van der Waals surface area contributed by atoms with Crippen LogP contribution in [-0.2, 0) is 6.54 Å². The summed E-state index contributed by atoms with van der Waals surface area (Å²) in [7, 11) is 0. The highest BCUT2D eigenvalue weighted by Gasteiger charge is 2.20. The summed E-state index contributed by atoms with van der Waals surface area (Å²) in [4.78, 5) is 18.7. The van der Waals surface area contributed by atoms with Crippen molar-refractivity contribution in [1.82, 2.24) is 14.8 Å². The van der Waals surface area contributed by atoms with Crippen LogP contribution in [-0.4, -0.2) is 58.8 Å². The van der Waals surface area contributed by atoms with Crippen molar-refractivity contribution in [2.45, 2.75) is 6.54 Å². The van der Waals surface area contributed by atoms with Gasteiger partial charge in [0.25, 0.3) is 0 Å². The van der Waals surface area contributed by atoms with Crippen molar-refractivity contribution in [3.05, 3.63) is 65.0 Å². The van der Waals surface area contributed by atoms with Crippen molar-refractivity contribution in [2.75, 3.05) is 32.8 Å². The smallest absolute Gasteiger partial charge is 0.407 e. The Morgan fingerprint density at radius 2 is 1.89 bits per heavy atom. The lowest BCUT2D eigenvalue weighted by Crippen LogP contribution is -2.47. The minimum Gasteiger partial charge on any atom is -0.488 e. The van der Waals surface area contributed by atoms with Crippen molar-refractivity contribution in [2.24, 2.45) is 0 Å². The fraction of sp³-hybridized carbons (Fsp3) is 0.300. The van der Waals surface area contributed by atoms with E-state index in [-0.39, 0.29) is 0 Å². The highest BCUT2D eigenvalue weighted by atomic mass is 35.5. The molecule has 0 spiro atoms. The SMILES string of the molecule is O=C(O)N1CCN(Cc2ccc(/C=C/COc3ccc(Cl)nc3)cc2)CC1. The monoisotopic (exact) mass is 387 g/mol. The predicted octanol–water partition coefficient (Wildman–Crippen LogP) is 3.62. The van der Waals surface area contributed by atoms with Gasteiger partial charge in [0, 0.05) is 32.7 Å². The van der Waals surface area contributed by atoms with Gasteiger partial charge in [-0.25, -0.2) is 9.78 Å². The summed E-state index contributed by atoms with van der Waals surface area (Å²) in [6, 6.07) is 11.8. The first kappa shape index (κ1) is 19.2. The first-order valence-corrected chi connectivity index (χ1v) is 9.18. The lowest BCUT2D eigenvalue weighted by Gasteiger charge is -2.33. The quantitative estimate of drug-likeness (QED) is 0.767. The van der Waals surface area contributed by atoms with E-state index in [1.165, 1.54) is 10.5 Å². The molecule has 1 fully saturated rings. The van der Waals surface area contributed by atoms with E-state index in [2.05, 4.69) is 34.1 Å². The molecule has 0 bridgehead atoms. The van der Waals surface area contributed by atoms with Gasteiger partial charge in [-0.3, -0.25) is 4.90 Å². The van der Waals surface area contributed by atoms with E-state index >= 15 is 0 Å². The molecular formula is C20H22ClN3O3. The molecule has 2 heterocycles. The fourth-order valence-corrected chi connectivity index (χ4v) is 2.98. The molecule has 1 N–H and O–H groups in total. The van der Waals surface area contributed by atoms with Crippen LogP contribution in [0.15, 0.2) is 48.7 Å². The van der Waals surface area contributed by atoms with Crippen LogP contribution in [0.1, 0.15) is 11.1 Å². The summed E-state index contributed by atoms with van der Waals surface area (Å²) in [6.45, 7) is 3.97. The van der Waals surface area contributed by atoms with E-state index in [1.807, 2.05) is 12.2 Å². The number of ether oxygens (including phenoxy) is 1. The van der Waals surface area contributed by atoms with Gasteiger partial charge in [-0.2, -0.15) is 0 Å². The molecule has 1 amide bonds. The zero-order valence-corrected chi connectivity index (χ0v) is 15.7. The second kappa shape index (κ2) is 9.39. The number of amides is 1. The summed E-state index contributed by atoms with van der Waals surface area (Å²) in [5.41, 5.74) is 2.33. The first-order valence-electron chi connectivity index (χ1n) is 8.80. The van der Waals surface area contributed by atoms with E-state index in [0.29, 0.717) is 30.6 Å². The Hall–Kier alpha value is -2.57. The van der Waals surface area contributed by atoms with E-state index in [0.717, 1.165) is 25.2 Å². The van der Waals surface area contributed by atoms with Gasteiger partial charge in [-0.1, -0.05) is 41.9 Å². The number of aromatic nitrogens is 1. The minimum absolute atomic E-state index is 0.446. The Balaban J connectivity index is 1.43. The average molecular weight is 388 g/mol. The molecule has 2 aromatic rings. The molecule has 1 aromatic carbocycles. The summed E-state index contributed by atoms with van der Waals surface area (Å²) < 4.78 is 5.57. The molecule has 142 valence electrons. The largest absolute Gasteiger partial charge is 0.488 e. The average Bonchev–Trinajstić information content (AvgIpc) is 2.68. The van der Waals surface area contributed by atoms with Crippen LogP contribution in [0, 0.1) is 0 Å². The van der Waals surface area contributed by atoms with Crippen LogP contribution < -0.4 is 4.74 Å². The van der Waals surface area contributed by atoms with Gasteiger partial charge < -0.3 is 14.7 Å². The number of carboxylic acid groups (broad SMARTS) is 1. The number of halogens is 1. The highest BCUT2D eigenvalue weighted by Crippen LogP contribution is 2.13. The second-order valence-electron chi connectivity index (χ2n) is 6.32. The van der Waals surface area contributed by atoms with Crippen molar-refractivity contribution in [1.29, 1.82) is 0 Å². The maximum atomic E-state index is 10.9. The van der Waals surface area contributed by atoms with Crippen molar-refractivity contribution in [3.8, 4) is 5.75 Å². The molecule has 0 atom stereocenters. The summed E-state index contributed by atoms with van der Waals surface area (Å²) in [5.74, 6) is 0.683. The molecule has 1 aliphatic heterocycles. The van der Waals surface area contributed by atoms with Crippen LogP contribution in [0.3, 0.4) is 0 Å². The molecule has 7 heteroatoms. The van der Waals surface area contributed by atoms with E-state index in [9.17, 15) is 4.79 Å². The Bertz CT molecular complexity index is 770. The molecule has 0 unspecified atom stereocenters. The Labute approximate surface area is 163 Å². The van der Waals surface area contributed by atoms with Crippen molar-refractivity contribution >= 4 is 23.8 Å². The lowest BCUT2D eigenvalue weighted by atomic mass is 10.1. The molecule has 27 heavy (non-hydrogen) atoms. The number of benzene rings is 1. The number of piperazine rings is 1. The highest BCUT2D eigenvalue weighted by molar-refractivity contribution is 6.29. The number of pyridine rings is 1. The van der Waals surface area contributed by atoms with Gasteiger partial charge in [0.1, 0.15) is 17.5 Å². The molecule has 0 aliphatic carbocycles. The Morgan fingerprint density at radius 3 is 2.52 bits per heavy atom. The van der Waals surface area contributed by atoms with Crippen LogP contribution >= 0.6 is 11.6 Å². The zero-order valence-electron chi connectivity index (χ0n) is 14.9. The molecule has 1 aliphatic rings. The number of carbonyl (C=O) groups is 1. The molecule has 1 aromatic heterocycles. The maximum absolute atomic E-state index is 10.9. The molecule has 0 saturated carbocycles. The van der Waals surface area contributed by atoms with Gasteiger partial charge in [0.2, 0.25) is 0 Å². The van der Waals surface area contributed by atoms with Crippen LogP contribution in [0.4, 0.5) is 4.79 Å². The maximum Gasteiger partial charge on any atom is 0.407 e. The van der Waals surface area contributed by atoms with Crippen LogP contribution in [0.2, 0.25) is 5.15 Å². The minimum atomic E-state index is -0.831. The summed E-state index contributed by atoms with van der Waals surface area (Å²) in [5, 5.41) is 9.44. The van der Waals surface area contributed by atoms with Gasteiger partial charge in [0.15, 0.2) is 0 Å². The topological polar surface area (TPSA) is 65.9 Å². The van der Waals surface area contributed by atoms with Gasteiger partial charge >= 0.3 is 6.09 Å². The molecule has 6 nitrogen and oxygen atoms in total. The van der Waals surface area contributed by atoms with Crippen LogP contribution in [0.25, 0.3) is 6.08 Å². The third-order valence-electron chi connectivity index (χ3n) is 4.39. The number of hydrogen-bond donors (Lipinski definition) is 1. The third-order valence-corrected chi connectivity index (χ3v) is 4.61. The normalized spacial score (nSPS) is 15.2. The number of hydrogen-bond acceptors (Lipinski definition) is 4. The van der Waals surface area contributed by atoms with Crippen molar-refractivity contribution in [3.63, 3.8) is 0 Å². The predicted molar refractivity (Wildman–Crippen MR) is 105 cm³/mol. The Morgan fingerprint density at radius 1 is 1.15 bits per heavy atom. The van der Waals surface area contributed by atoms with E-state index < -0.39 is 6.09 Å². The lowest BCUT2D eigenvalue weighted by molar-refractivity contribution is 0.103. The summed E-state index contributed by atoms with van der Waals surface area (Å²) in [6.07, 6.45) is 4.73. The standard InChI is InChI=1S/C20H22ClN3O3/c21-19-8-7-18(14-22-19)27-13-1-2-16-3-5-17(6-4-16)15-23-9-11-24(12-10-23)20(25)26/h1-8,14H,9-13,15H2,(H,25,26)/b2-1+. The van der Waals surface area contributed by atoms with Gasteiger partial charge in [0.05, 0.1) is 6.20 Å². The zero-order chi connectivity index (χ0) is 19.1. The Kier molecular flexibility index (Phi) is 6.68. The molecular weight excluding hydrogens is 366 g/mol. The second-order valence-corrected chi connectivity index (χ2v) is 6.70. The number of nitrogens with zero attached hydrogens (tertiary/aromatic N) is 3. The molecule has 3 rings (SSSR count). The first-order chi connectivity index (χ1) is 13.1. The molecule has 0 radical (unpaired) electrons. The number of rotatable bonds is 6. The summed E-state index contributed by atoms with van der Waals surface area (Å²) >= 11 is 5.74. The third kappa shape index (κ3) is 5.98. The van der Waals surface area contributed by atoms with E-state index in [4.69, 9.17) is 21.4 Å². The van der Waals surface area contributed by atoms with Crippen LogP contribution in [0.5, 0.6) is 5.75 Å². The fourth-order valence-electron chi connectivity index (χ4n) is 2.87. The van der Waals surface area contributed by atoms with Gasteiger partial charge in [-0.15, -0.1) is 0 Å². The molecule has 1 saturated heterocycles. The van der Waals surface area contributed by atoms with E-state index in [1.54, 1.807) is 18.3 Å². The van der Waals surface area contributed by atoms with Crippen molar-refractivity contribution < 1.29 is 14.6 Å². The van der Waals surface area contributed by atoms with Gasteiger partial charge in [-0.05, 0) is 29.3 Å².